The van der Waals surface area contributed by atoms with E-state index in [2.05, 4.69) is 72.1 Å². The maximum atomic E-state index is 12.2. The summed E-state index contributed by atoms with van der Waals surface area (Å²) in [5.74, 6) is 8.47. The third kappa shape index (κ3) is 10.0. The number of terminal acetylenes is 1. The van der Waals surface area contributed by atoms with Crippen LogP contribution < -0.4 is 0 Å². The zero-order chi connectivity index (χ0) is 34.3. The molecule has 0 fully saturated rings. The average Bonchev–Trinajstić information content (AvgIpc) is 3.11. The molecule has 0 saturated heterocycles. The van der Waals surface area contributed by atoms with Crippen LogP contribution >= 0.6 is 0 Å². The highest BCUT2D eigenvalue weighted by molar-refractivity contribution is 5.97. The Balaban J connectivity index is 0.000000183. The number of aliphatic imine (C=N–C) groups is 1. The van der Waals surface area contributed by atoms with Crippen molar-refractivity contribution in [3.63, 3.8) is 0 Å². The van der Waals surface area contributed by atoms with E-state index in [1.54, 1.807) is 6.08 Å². The lowest BCUT2D eigenvalue weighted by atomic mass is 9.91. The molecule has 0 aliphatic rings. The van der Waals surface area contributed by atoms with Gasteiger partial charge < -0.3 is 0 Å². The van der Waals surface area contributed by atoms with Crippen molar-refractivity contribution in [2.24, 2.45) is 4.99 Å². The van der Waals surface area contributed by atoms with Crippen molar-refractivity contribution in [2.75, 3.05) is 0 Å². The molecule has 3 nitrogen and oxygen atoms in total. The fraction of sp³-hybridized carbons (Fsp3) is 0.156. The number of ketones is 1. The fourth-order valence-corrected chi connectivity index (χ4v) is 5.48. The second-order valence-electron chi connectivity index (χ2n) is 11.7. The predicted molar refractivity (Wildman–Crippen MR) is 200 cm³/mol. The number of carbonyl (C=O) groups is 1. The first kappa shape index (κ1) is 34.9. The van der Waals surface area contributed by atoms with E-state index in [0.29, 0.717) is 6.42 Å². The highest BCUT2D eigenvalue weighted by Gasteiger charge is 2.12. The summed E-state index contributed by atoms with van der Waals surface area (Å²) in [4.78, 5) is 26.2. The van der Waals surface area contributed by atoms with Gasteiger partial charge in [0.05, 0.1) is 6.04 Å². The smallest absolute Gasteiger partial charge is 0.235 e. The van der Waals surface area contributed by atoms with E-state index >= 15 is 0 Å². The molecule has 48 heavy (non-hydrogen) atoms. The van der Waals surface area contributed by atoms with Gasteiger partial charge in [0.15, 0.2) is 0 Å². The minimum Gasteiger partial charge on any atom is -0.285 e. The summed E-state index contributed by atoms with van der Waals surface area (Å²) in [6.45, 7) is 8.04. The number of hydrogen-bond donors (Lipinski definition) is 0. The van der Waals surface area contributed by atoms with Crippen molar-refractivity contribution in [3.05, 3.63) is 167 Å². The molecule has 0 bridgehead atoms. The van der Waals surface area contributed by atoms with Crippen LogP contribution in [0.15, 0.2) is 138 Å². The third-order valence-electron chi connectivity index (χ3n) is 7.91. The predicted octanol–water partition coefficient (Wildman–Crippen LogP) is 10.5. The number of hydrogen-bond acceptors (Lipinski definition) is 3. The molecular weight excluding hydrogens is 587 g/mol. The van der Waals surface area contributed by atoms with Crippen LogP contribution in [-0.2, 0) is 9.59 Å². The molecule has 236 valence electrons. The number of Topliss-reactive ketones (excluding diaryl/α,β-unsaturated/α-hetero) is 1. The molecule has 3 heteroatoms. The van der Waals surface area contributed by atoms with Gasteiger partial charge in [-0.3, -0.25) is 4.79 Å². The molecule has 0 heterocycles. The number of fused-ring (bicyclic) bond motifs is 2. The van der Waals surface area contributed by atoms with E-state index in [9.17, 15) is 9.59 Å². The highest BCUT2D eigenvalue weighted by atomic mass is 16.1. The van der Waals surface area contributed by atoms with Gasteiger partial charge in [-0.2, -0.15) is 4.99 Å². The number of carbonyl (C=O) groups excluding carboxylic acids is 2. The Labute approximate surface area is 284 Å². The molecule has 0 radical (unpaired) electrons. The molecule has 0 amide bonds. The normalized spacial score (nSPS) is 11.1. The van der Waals surface area contributed by atoms with Gasteiger partial charge in [0.25, 0.3) is 0 Å². The summed E-state index contributed by atoms with van der Waals surface area (Å²) in [5.41, 5.74) is 6.48. The third-order valence-corrected chi connectivity index (χ3v) is 7.91. The lowest BCUT2D eigenvalue weighted by Crippen LogP contribution is -2.03. The summed E-state index contributed by atoms with van der Waals surface area (Å²) in [6, 6.07) is 44.3. The van der Waals surface area contributed by atoms with Gasteiger partial charge in [0, 0.05) is 17.5 Å². The molecule has 0 unspecified atom stereocenters. The Morgan fingerprint density at radius 2 is 1.17 bits per heavy atom. The van der Waals surface area contributed by atoms with Gasteiger partial charge in [0.1, 0.15) is 0 Å². The van der Waals surface area contributed by atoms with Crippen LogP contribution in [0.4, 0.5) is 0 Å². The van der Waals surface area contributed by atoms with E-state index in [0.717, 1.165) is 27.6 Å². The van der Waals surface area contributed by atoms with E-state index in [4.69, 9.17) is 6.42 Å². The van der Waals surface area contributed by atoms with Crippen molar-refractivity contribution >= 4 is 33.4 Å². The maximum Gasteiger partial charge on any atom is 0.235 e. The van der Waals surface area contributed by atoms with Crippen LogP contribution in [-0.4, -0.2) is 11.9 Å². The fourth-order valence-electron chi connectivity index (χ4n) is 5.48. The summed E-state index contributed by atoms with van der Waals surface area (Å²) in [6.07, 6.45) is 7.21. The van der Waals surface area contributed by atoms with Crippen LogP contribution in [0.3, 0.4) is 0 Å². The van der Waals surface area contributed by atoms with E-state index in [1.807, 2.05) is 112 Å². The Morgan fingerprint density at radius 1 is 0.667 bits per heavy atom. The topological polar surface area (TPSA) is 46.5 Å². The Bertz CT molecular complexity index is 2160. The lowest BCUT2D eigenvalue weighted by molar-refractivity contribution is -0.114. The minimum absolute atomic E-state index is 0.0167. The molecular formula is C45H39NO2. The van der Waals surface area contributed by atoms with Crippen LogP contribution in [0.25, 0.3) is 21.5 Å². The van der Waals surface area contributed by atoms with Gasteiger partial charge in [-0.1, -0.05) is 128 Å². The summed E-state index contributed by atoms with van der Waals surface area (Å²) in [5, 5.41) is 4.74. The molecule has 0 aliphatic carbocycles. The standard InChI is InChI=1S/C23H20O.C13H11NO.C9H8/c1-17-7-5-8-19(15-17)13-14-21(24)16-18(2)22-12-6-10-20-9-3-4-11-23(20)22;1-10(14-9-15)12-8-4-6-11-5-2-3-7-13(11)12;1-3-9-6-4-5-8(2)7-9/h3-12,15,18H,16H2,1-2H3;2-8,10H,1H3;1,4-7H,2H3/t18-;10-;/m01./s1. The first-order valence-corrected chi connectivity index (χ1v) is 16.0. The number of rotatable bonds is 5. The van der Waals surface area contributed by atoms with Crippen LogP contribution in [0, 0.1) is 38.0 Å². The van der Waals surface area contributed by atoms with Crippen LogP contribution in [0.2, 0.25) is 0 Å². The molecule has 0 N–H and O–H groups in total. The number of nitrogens with zero attached hydrogens (tertiary/aromatic N) is 1. The van der Waals surface area contributed by atoms with E-state index in [-0.39, 0.29) is 17.7 Å². The molecule has 6 aromatic rings. The minimum atomic E-state index is -0.131. The van der Waals surface area contributed by atoms with Gasteiger partial charge in [0.2, 0.25) is 11.9 Å². The zero-order valence-corrected chi connectivity index (χ0v) is 27.9. The molecule has 0 aromatic heterocycles. The quantitative estimate of drug-likeness (QED) is 0.109. The van der Waals surface area contributed by atoms with Gasteiger partial charge in [-0.15, -0.1) is 6.42 Å². The van der Waals surface area contributed by atoms with Gasteiger partial charge >= 0.3 is 0 Å². The van der Waals surface area contributed by atoms with Crippen molar-refractivity contribution < 1.29 is 9.59 Å². The molecule has 0 spiro atoms. The Kier molecular flexibility index (Phi) is 12.8. The summed E-state index contributed by atoms with van der Waals surface area (Å²) in [7, 11) is 0. The Hall–Kier alpha value is -5.99. The Morgan fingerprint density at radius 3 is 1.73 bits per heavy atom. The second kappa shape index (κ2) is 17.6. The van der Waals surface area contributed by atoms with Crippen molar-refractivity contribution in [1.82, 2.24) is 0 Å². The number of benzene rings is 6. The largest absolute Gasteiger partial charge is 0.285 e. The zero-order valence-electron chi connectivity index (χ0n) is 27.9. The van der Waals surface area contributed by atoms with Crippen LogP contribution in [0.1, 0.15) is 65.6 Å². The number of aryl methyl sites for hydroxylation is 2. The van der Waals surface area contributed by atoms with Crippen molar-refractivity contribution in [2.45, 2.75) is 46.1 Å². The molecule has 6 aromatic carbocycles. The molecule has 0 aliphatic heterocycles. The molecule has 2 atom stereocenters. The first-order chi connectivity index (χ1) is 23.3. The van der Waals surface area contributed by atoms with Gasteiger partial charge in [-0.25, -0.2) is 4.79 Å². The monoisotopic (exact) mass is 625 g/mol. The lowest BCUT2D eigenvalue weighted by Gasteiger charge is -2.12. The van der Waals surface area contributed by atoms with Crippen molar-refractivity contribution in [1.29, 1.82) is 0 Å². The second-order valence-corrected chi connectivity index (χ2v) is 11.7. The SMILES string of the molecule is C#Cc1cccc(C)c1.C[C@@H](N=C=O)c1cccc2ccccc12.Cc1cccc(C#CC(=O)C[C@H](C)c2cccc3ccccc23)c1. The highest BCUT2D eigenvalue weighted by Crippen LogP contribution is 2.28. The maximum absolute atomic E-state index is 12.2. The first-order valence-electron chi connectivity index (χ1n) is 16.0. The summed E-state index contributed by atoms with van der Waals surface area (Å²) < 4.78 is 0. The van der Waals surface area contributed by atoms with Crippen LogP contribution in [0.5, 0.6) is 0 Å². The van der Waals surface area contributed by atoms with Crippen molar-refractivity contribution in [3.8, 4) is 24.2 Å². The molecule has 6 rings (SSSR count). The average molecular weight is 626 g/mol. The summed E-state index contributed by atoms with van der Waals surface area (Å²) >= 11 is 0. The van der Waals surface area contributed by atoms with E-state index < -0.39 is 0 Å². The van der Waals surface area contributed by atoms with Gasteiger partial charge in [-0.05, 0) is 101 Å². The van der Waals surface area contributed by atoms with E-state index in [1.165, 1.54) is 27.3 Å². The molecule has 0 saturated carbocycles. The number of isocyanates is 1.